The number of carbonyl (C=O) groups excluding carboxylic acids is 1. The normalized spacial score (nSPS) is 21.3. The van der Waals surface area contributed by atoms with Crippen molar-refractivity contribution in [1.82, 2.24) is 14.5 Å². The number of hydrogen-bond acceptors (Lipinski definition) is 4. The first-order valence-corrected chi connectivity index (χ1v) is 11.7. The summed E-state index contributed by atoms with van der Waals surface area (Å²) in [5, 5.41) is 3.20. The highest BCUT2D eigenvalue weighted by Gasteiger charge is 2.30. The van der Waals surface area contributed by atoms with Crippen molar-refractivity contribution in [3.05, 3.63) is 35.4 Å². The maximum atomic E-state index is 12.5. The Hall–Kier alpha value is -1.44. The largest absolute Gasteiger partial charge is 0.353 e. The minimum Gasteiger partial charge on any atom is -0.353 e. The summed E-state index contributed by atoms with van der Waals surface area (Å²) >= 11 is 0. The quantitative estimate of drug-likeness (QED) is 0.827. The summed E-state index contributed by atoms with van der Waals surface area (Å²) in [6.07, 6.45) is 4.41. The van der Waals surface area contributed by atoms with Gasteiger partial charge in [-0.05, 0) is 38.2 Å². The minimum atomic E-state index is -3.14. The Bertz CT molecular complexity index is 749. The topological polar surface area (TPSA) is 69.7 Å². The van der Waals surface area contributed by atoms with Gasteiger partial charge in [-0.1, -0.05) is 29.8 Å². The molecule has 0 spiro atoms. The van der Waals surface area contributed by atoms with Crippen molar-refractivity contribution >= 4 is 15.9 Å². The molecule has 2 saturated heterocycles. The van der Waals surface area contributed by atoms with Gasteiger partial charge in [0, 0.05) is 44.7 Å². The van der Waals surface area contributed by atoms with Crippen molar-refractivity contribution in [2.45, 2.75) is 45.2 Å². The number of carbonyl (C=O) groups is 1. The maximum Gasteiger partial charge on any atom is 0.223 e. The number of piperidine rings is 2. The molecule has 0 aliphatic carbocycles. The summed E-state index contributed by atoms with van der Waals surface area (Å²) in [5.41, 5.74) is 2.63. The Kier molecular flexibility index (Phi) is 6.55. The average molecular weight is 394 g/mol. The van der Waals surface area contributed by atoms with E-state index < -0.39 is 10.0 Å². The molecule has 1 aromatic carbocycles. The van der Waals surface area contributed by atoms with Crippen LogP contribution in [-0.4, -0.2) is 62.0 Å². The Labute approximate surface area is 163 Å². The fraction of sp³-hybridized carbons (Fsp3) is 0.650. The predicted octanol–water partition coefficient (Wildman–Crippen LogP) is 1.75. The van der Waals surface area contributed by atoms with E-state index in [4.69, 9.17) is 0 Å². The molecule has 0 bridgehead atoms. The molecule has 0 radical (unpaired) electrons. The van der Waals surface area contributed by atoms with Crippen molar-refractivity contribution in [2.75, 3.05) is 32.4 Å². The molecule has 1 amide bonds. The van der Waals surface area contributed by atoms with Gasteiger partial charge in [0.2, 0.25) is 15.9 Å². The highest BCUT2D eigenvalue weighted by atomic mass is 32.2. The fourth-order valence-corrected chi connectivity index (χ4v) is 4.95. The number of nitrogens with zero attached hydrogens (tertiary/aromatic N) is 2. The van der Waals surface area contributed by atoms with Gasteiger partial charge >= 0.3 is 0 Å². The summed E-state index contributed by atoms with van der Waals surface area (Å²) in [6, 6.07) is 8.86. The Morgan fingerprint density at radius 1 is 1.11 bits per heavy atom. The number of amides is 1. The highest BCUT2D eigenvalue weighted by Crippen LogP contribution is 2.21. The van der Waals surface area contributed by atoms with Gasteiger partial charge in [0.25, 0.3) is 0 Å². The van der Waals surface area contributed by atoms with E-state index in [1.165, 1.54) is 21.7 Å². The van der Waals surface area contributed by atoms with Gasteiger partial charge in [-0.25, -0.2) is 12.7 Å². The summed E-state index contributed by atoms with van der Waals surface area (Å²) in [6.45, 7) is 5.96. The smallest absolute Gasteiger partial charge is 0.223 e. The zero-order chi connectivity index (χ0) is 19.4. The van der Waals surface area contributed by atoms with Crippen LogP contribution in [0.4, 0.5) is 0 Å². The zero-order valence-electron chi connectivity index (χ0n) is 16.4. The van der Waals surface area contributed by atoms with Gasteiger partial charge in [0.1, 0.15) is 0 Å². The molecule has 6 nitrogen and oxygen atoms in total. The van der Waals surface area contributed by atoms with Gasteiger partial charge in [0.05, 0.1) is 6.26 Å². The SMILES string of the molecule is Cc1cccc(CN2CCC(NC(=O)C3CCN(S(C)(=O)=O)CC3)CC2)c1. The van der Waals surface area contributed by atoms with Crippen LogP contribution in [0.5, 0.6) is 0 Å². The molecular formula is C20H31N3O3S. The summed E-state index contributed by atoms with van der Waals surface area (Å²) in [5.74, 6) is 0.0357. The van der Waals surface area contributed by atoms with Crippen LogP contribution in [0.2, 0.25) is 0 Å². The number of rotatable bonds is 5. The Balaban J connectivity index is 1.41. The summed E-state index contributed by atoms with van der Waals surface area (Å²) < 4.78 is 24.6. The van der Waals surface area contributed by atoms with Gasteiger partial charge in [0.15, 0.2) is 0 Å². The Morgan fingerprint density at radius 2 is 1.78 bits per heavy atom. The number of nitrogens with one attached hydrogen (secondary N) is 1. The molecule has 0 saturated carbocycles. The first kappa shape index (κ1) is 20.3. The second kappa shape index (κ2) is 8.71. The lowest BCUT2D eigenvalue weighted by Gasteiger charge is -2.34. The number of benzene rings is 1. The van der Waals surface area contributed by atoms with E-state index in [0.717, 1.165) is 32.5 Å². The molecule has 3 rings (SSSR count). The second-order valence-corrected chi connectivity index (χ2v) is 9.97. The van der Waals surface area contributed by atoms with Gasteiger partial charge in [-0.2, -0.15) is 0 Å². The molecule has 2 heterocycles. The van der Waals surface area contributed by atoms with Crippen LogP contribution in [0.15, 0.2) is 24.3 Å². The van der Waals surface area contributed by atoms with Crippen molar-refractivity contribution in [2.24, 2.45) is 5.92 Å². The standard InChI is InChI=1S/C20H31N3O3S/c1-16-4-3-5-17(14-16)15-22-10-8-19(9-11-22)21-20(24)18-6-12-23(13-7-18)27(2,25)26/h3-5,14,18-19H,6-13,15H2,1-2H3,(H,21,24). The summed E-state index contributed by atoms with van der Waals surface area (Å²) in [7, 11) is -3.14. The molecule has 2 aliphatic rings. The lowest BCUT2D eigenvalue weighted by molar-refractivity contribution is -0.127. The lowest BCUT2D eigenvalue weighted by Crippen LogP contribution is -2.48. The van der Waals surface area contributed by atoms with E-state index in [0.29, 0.717) is 25.9 Å². The Morgan fingerprint density at radius 3 is 2.37 bits per heavy atom. The molecular weight excluding hydrogens is 362 g/mol. The maximum absolute atomic E-state index is 12.5. The first-order valence-electron chi connectivity index (χ1n) is 9.84. The van der Waals surface area contributed by atoms with Crippen molar-refractivity contribution < 1.29 is 13.2 Å². The molecule has 0 aromatic heterocycles. The van der Waals surface area contributed by atoms with Crippen LogP contribution >= 0.6 is 0 Å². The fourth-order valence-electron chi connectivity index (χ4n) is 4.07. The minimum absolute atomic E-state index is 0.0617. The van der Waals surface area contributed by atoms with E-state index in [1.54, 1.807) is 0 Å². The molecule has 2 fully saturated rings. The molecule has 1 N–H and O–H groups in total. The van der Waals surface area contributed by atoms with Gasteiger partial charge < -0.3 is 5.32 Å². The van der Waals surface area contributed by atoms with Crippen LogP contribution in [0.3, 0.4) is 0 Å². The number of likely N-dealkylation sites (tertiary alicyclic amines) is 1. The summed E-state index contributed by atoms with van der Waals surface area (Å²) in [4.78, 5) is 15.0. The lowest BCUT2D eigenvalue weighted by atomic mass is 9.95. The van der Waals surface area contributed by atoms with Crippen LogP contribution in [-0.2, 0) is 21.4 Å². The molecule has 0 unspecified atom stereocenters. The van der Waals surface area contributed by atoms with Crippen LogP contribution in [0.25, 0.3) is 0 Å². The molecule has 150 valence electrons. The van der Waals surface area contributed by atoms with E-state index in [1.807, 2.05) is 0 Å². The molecule has 2 aliphatic heterocycles. The van der Waals surface area contributed by atoms with Crippen molar-refractivity contribution in [3.63, 3.8) is 0 Å². The molecule has 27 heavy (non-hydrogen) atoms. The first-order chi connectivity index (χ1) is 12.8. The van der Waals surface area contributed by atoms with Crippen LogP contribution in [0.1, 0.15) is 36.8 Å². The monoisotopic (exact) mass is 393 g/mol. The number of hydrogen-bond donors (Lipinski definition) is 1. The van der Waals surface area contributed by atoms with E-state index in [2.05, 4.69) is 41.4 Å². The van der Waals surface area contributed by atoms with Gasteiger partial charge in [-0.3, -0.25) is 9.69 Å². The third-order valence-electron chi connectivity index (χ3n) is 5.72. The van der Waals surface area contributed by atoms with E-state index in [9.17, 15) is 13.2 Å². The zero-order valence-corrected chi connectivity index (χ0v) is 17.2. The van der Waals surface area contributed by atoms with Crippen LogP contribution in [0, 0.1) is 12.8 Å². The van der Waals surface area contributed by atoms with Gasteiger partial charge in [-0.15, -0.1) is 0 Å². The number of aryl methyl sites for hydroxylation is 1. The highest BCUT2D eigenvalue weighted by molar-refractivity contribution is 7.88. The number of sulfonamides is 1. The van der Waals surface area contributed by atoms with E-state index in [-0.39, 0.29) is 17.9 Å². The molecule has 0 atom stereocenters. The molecule has 1 aromatic rings. The third-order valence-corrected chi connectivity index (χ3v) is 7.02. The second-order valence-electron chi connectivity index (χ2n) is 7.98. The average Bonchev–Trinajstić information content (AvgIpc) is 2.63. The molecule has 7 heteroatoms. The van der Waals surface area contributed by atoms with Crippen molar-refractivity contribution in [3.8, 4) is 0 Å². The van der Waals surface area contributed by atoms with E-state index >= 15 is 0 Å². The third kappa shape index (κ3) is 5.77. The van der Waals surface area contributed by atoms with Crippen molar-refractivity contribution in [1.29, 1.82) is 0 Å². The van der Waals surface area contributed by atoms with Crippen LogP contribution < -0.4 is 5.32 Å². The predicted molar refractivity (Wildman–Crippen MR) is 107 cm³/mol.